The molecule has 0 saturated heterocycles. The summed E-state index contributed by atoms with van der Waals surface area (Å²) in [7, 11) is 0. The molecule has 1 amide bonds. The number of aromatic nitrogens is 2. The van der Waals surface area contributed by atoms with Crippen LogP contribution >= 0.6 is 0 Å². The van der Waals surface area contributed by atoms with E-state index in [-0.39, 0.29) is 0 Å². The van der Waals surface area contributed by atoms with Gasteiger partial charge in [0.25, 0.3) is 0 Å². The number of hydrogen-bond acceptors (Lipinski definition) is 4. The van der Waals surface area contributed by atoms with Crippen molar-refractivity contribution < 1.29 is 9.21 Å². The summed E-state index contributed by atoms with van der Waals surface area (Å²) in [5, 5.41) is 10.4. The van der Waals surface area contributed by atoms with E-state index in [0.29, 0.717) is 30.3 Å². The Bertz CT molecular complexity index is 493. The Morgan fingerprint density at radius 1 is 1.44 bits per heavy atom. The van der Waals surface area contributed by atoms with Crippen molar-refractivity contribution in [1.29, 1.82) is 0 Å². The molecule has 16 heavy (non-hydrogen) atoms. The zero-order valence-corrected chi connectivity index (χ0v) is 8.80. The molecule has 1 aromatic carbocycles. The second-order valence-electron chi connectivity index (χ2n) is 3.20. The molecule has 0 aliphatic heterocycles. The molecule has 0 aliphatic rings. The number of carbonyl (C=O) groups excluding carboxylic acids is 1. The maximum atomic E-state index is 10.3. The van der Waals surface area contributed by atoms with Gasteiger partial charge < -0.3 is 9.73 Å². The molecule has 2 aromatic rings. The van der Waals surface area contributed by atoms with Crippen LogP contribution in [-0.2, 0) is 11.2 Å². The fraction of sp³-hybridized carbons (Fsp3) is 0.182. The number of benzene rings is 1. The lowest BCUT2D eigenvalue weighted by molar-refractivity contribution is -0.105. The Hall–Kier alpha value is -2.17. The van der Waals surface area contributed by atoms with Gasteiger partial charge in [0, 0.05) is 17.7 Å². The third-order valence-electron chi connectivity index (χ3n) is 2.10. The van der Waals surface area contributed by atoms with Gasteiger partial charge >= 0.3 is 0 Å². The lowest BCUT2D eigenvalue weighted by atomic mass is 10.2. The van der Waals surface area contributed by atoms with E-state index in [1.807, 2.05) is 19.1 Å². The van der Waals surface area contributed by atoms with Crippen molar-refractivity contribution in [1.82, 2.24) is 10.2 Å². The van der Waals surface area contributed by atoms with Crippen LogP contribution in [0, 0.1) is 0 Å². The van der Waals surface area contributed by atoms with Gasteiger partial charge in [-0.15, -0.1) is 10.2 Å². The van der Waals surface area contributed by atoms with E-state index in [0.717, 1.165) is 5.56 Å². The van der Waals surface area contributed by atoms with Crippen LogP contribution in [0.15, 0.2) is 28.7 Å². The second-order valence-corrected chi connectivity index (χ2v) is 3.20. The molecule has 0 unspecified atom stereocenters. The standard InChI is InChI=1S/C11H11N3O2/c1-2-10-13-14-11(16-10)8-4-3-5-9(6-8)12-7-15/h3-7H,2H2,1H3,(H,12,15). The summed E-state index contributed by atoms with van der Waals surface area (Å²) in [6, 6.07) is 7.23. The topological polar surface area (TPSA) is 68.0 Å². The molecule has 0 radical (unpaired) electrons. The summed E-state index contributed by atoms with van der Waals surface area (Å²) >= 11 is 0. The minimum Gasteiger partial charge on any atom is -0.421 e. The fourth-order valence-electron chi connectivity index (χ4n) is 1.32. The van der Waals surface area contributed by atoms with Gasteiger partial charge in [0.2, 0.25) is 18.2 Å². The Labute approximate surface area is 92.5 Å². The van der Waals surface area contributed by atoms with Gasteiger partial charge in [0.1, 0.15) is 0 Å². The minimum absolute atomic E-state index is 0.464. The Kier molecular flexibility index (Phi) is 2.95. The molecule has 0 bridgehead atoms. The van der Waals surface area contributed by atoms with Crippen molar-refractivity contribution in [3.05, 3.63) is 30.2 Å². The van der Waals surface area contributed by atoms with E-state index in [1.165, 1.54) is 0 Å². The molecule has 0 saturated carbocycles. The summed E-state index contributed by atoms with van der Waals surface area (Å²) in [5.74, 6) is 1.06. The highest BCUT2D eigenvalue weighted by Gasteiger charge is 2.07. The number of anilines is 1. The maximum absolute atomic E-state index is 10.3. The summed E-state index contributed by atoms with van der Waals surface area (Å²) in [4.78, 5) is 10.3. The Morgan fingerprint density at radius 2 is 2.31 bits per heavy atom. The van der Waals surface area contributed by atoms with Gasteiger partial charge in [-0.1, -0.05) is 13.0 Å². The quantitative estimate of drug-likeness (QED) is 0.794. The first-order valence-corrected chi connectivity index (χ1v) is 4.96. The molecule has 1 aromatic heterocycles. The van der Waals surface area contributed by atoms with Crippen molar-refractivity contribution in [3.8, 4) is 11.5 Å². The van der Waals surface area contributed by atoms with E-state index >= 15 is 0 Å². The van der Waals surface area contributed by atoms with Crippen LogP contribution in [0.4, 0.5) is 5.69 Å². The number of aryl methyl sites for hydroxylation is 1. The molecule has 5 nitrogen and oxygen atoms in total. The van der Waals surface area contributed by atoms with Gasteiger partial charge in [-0.3, -0.25) is 4.79 Å². The monoisotopic (exact) mass is 217 g/mol. The first kappa shape index (κ1) is 10.4. The number of amides is 1. The lowest BCUT2D eigenvalue weighted by Gasteiger charge is -1.99. The molecule has 1 N–H and O–H groups in total. The summed E-state index contributed by atoms with van der Waals surface area (Å²) in [6.07, 6.45) is 1.34. The smallest absolute Gasteiger partial charge is 0.247 e. The van der Waals surface area contributed by atoms with Crippen molar-refractivity contribution in [3.63, 3.8) is 0 Å². The Morgan fingerprint density at radius 3 is 3.00 bits per heavy atom. The third kappa shape index (κ3) is 2.08. The molecular formula is C11H11N3O2. The normalized spacial score (nSPS) is 10.1. The zero-order chi connectivity index (χ0) is 11.4. The first-order chi connectivity index (χ1) is 7.83. The lowest BCUT2D eigenvalue weighted by Crippen LogP contribution is -1.93. The van der Waals surface area contributed by atoms with Gasteiger partial charge in [0.15, 0.2) is 0 Å². The number of rotatable bonds is 4. The predicted octanol–water partition coefficient (Wildman–Crippen LogP) is 1.87. The maximum Gasteiger partial charge on any atom is 0.247 e. The molecule has 0 aliphatic carbocycles. The Balaban J connectivity index is 2.32. The highest BCUT2D eigenvalue weighted by atomic mass is 16.4. The zero-order valence-electron chi connectivity index (χ0n) is 8.80. The van der Waals surface area contributed by atoms with Crippen LogP contribution in [-0.4, -0.2) is 16.6 Å². The molecule has 0 atom stereocenters. The molecular weight excluding hydrogens is 206 g/mol. The number of nitrogens with zero attached hydrogens (tertiary/aromatic N) is 2. The minimum atomic E-state index is 0.464. The average molecular weight is 217 g/mol. The fourth-order valence-corrected chi connectivity index (χ4v) is 1.32. The third-order valence-corrected chi connectivity index (χ3v) is 2.10. The van der Waals surface area contributed by atoms with Crippen molar-refractivity contribution >= 4 is 12.1 Å². The first-order valence-electron chi connectivity index (χ1n) is 4.96. The molecule has 5 heteroatoms. The summed E-state index contributed by atoms with van der Waals surface area (Å²) in [6.45, 7) is 1.95. The molecule has 82 valence electrons. The highest BCUT2D eigenvalue weighted by Crippen LogP contribution is 2.21. The average Bonchev–Trinajstić information content (AvgIpc) is 2.78. The van der Waals surface area contributed by atoms with Crippen LogP contribution in [0.5, 0.6) is 0 Å². The number of nitrogens with one attached hydrogen (secondary N) is 1. The van der Waals surface area contributed by atoms with Crippen molar-refractivity contribution in [2.24, 2.45) is 0 Å². The van der Waals surface area contributed by atoms with Crippen molar-refractivity contribution in [2.75, 3.05) is 5.32 Å². The van der Waals surface area contributed by atoms with Crippen LogP contribution in [0.1, 0.15) is 12.8 Å². The van der Waals surface area contributed by atoms with Crippen LogP contribution < -0.4 is 5.32 Å². The van der Waals surface area contributed by atoms with E-state index in [2.05, 4.69) is 15.5 Å². The molecule has 2 rings (SSSR count). The van der Waals surface area contributed by atoms with E-state index in [1.54, 1.807) is 12.1 Å². The molecule has 0 spiro atoms. The summed E-state index contributed by atoms with van der Waals surface area (Å²) < 4.78 is 5.41. The number of carbonyl (C=O) groups is 1. The van der Waals surface area contributed by atoms with Crippen LogP contribution in [0.3, 0.4) is 0 Å². The predicted molar refractivity (Wildman–Crippen MR) is 58.8 cm³/mol. The summed E-state index contributed by atoms with van der Waals surface area (Å²) in [5.41, 5.74) is 1.49. The SMILES string of the molecule is CCc1nnc(-c2cccc(NC=O)c2)o1. The van der Waals surface area contributed by atoms with E-state index in [9.17, 15) is 4.79 Å². The molecule has 0 fully saturated rings. The molecule has 1 heterocycles. The highest BCUT2D eigenvalue weighted by molar-refractivity contribution is 5.74. The van der Waals surface area contributed by atoms with Gasteiger partial charge in [0.05, 0.1) is 0 Å². The van der Waals surface area contributed by atoms with Gasteiger partial charge in [-0.2, -0.15) is 0 Å². The van der Waals surface area contributed by atoms with Gasteiger partial charge in [-0.05, 0) is 18.2 Å². The van der Waals surface area contributed by atoms with E-state index < -0.39 is 0 Å². The van der Waals surface area contributed by atoms with Gasteiger partial charge in [-0.25, -0.2) is 0 Å². The van der Waals surface area contributed by atoms with Crippen LogP contribution in [0.2, 0.25) is 0 Å². The largest absolute Gasteiger partial charge is 0.421 e. The number of hydrogen-bond donors (Lipinski definition) is 1. The second kappa shape index (κ2) is 4.57. The van der Waals surface area contributed by atoms with Crippen LogP contribution in [0.25, 0.3) is 11.5 Å². The van der Waals surface area contributed by atoms with Crippen molar-refractivity contribution in [2.45, 2.75) is 13.3 Å². The van der Waals surface area contributed by atoms with E-state index in [4.69, 9.17) is 4.42 Å².